The lowest BCUT2D eigenvalue weighted by Crippen LogP contribution is -2.53. The highest BCUT2D eigenvalue weighted by Gasteiger charge is 2.34. The predicted molar refractivity (Wildman–Crippen MR) is 152 cm³/mol. The molecule has 1 fully saturated rings. The summed E-state index contributed by atoms with van der Waals surface area (Å²) in [6, 6.07) is 4.45. The van der Waals surface area contributed by atoms with Gasteiger partial charge in [-0.2, -0.15) is 0 Å². The topological polar surface area (TPSA) is 159 Å². The van der Waals surface area contributed by atoms with E-state index in [2.05, 4.69) is 20.9 Å². The molecule has 0 aliphatic carbocycles. The molecule has 12 nitrogen and oxygen atoms in total. The average Bonchev–Trinajstić information content (AvgIpc) is 3.55. The van der Waals surface area contributed by atoms with Gasteiger partial charge in [-0.05, 0) is 64.4 Å². The summed E-state index contributed by atoms with van der Waals surface area (Å²) in [5.41, 5.74) is 0.959. The molecule has 1 aliphatic heterocycles. The monoisotopic (exact) mass is 571 g/mol. The van der Waals surface area contributed by atoms with Crippen molar-refractivity contribution in [3.05, 3.63) is 30.0 Å². The van der Waals surface area contributed by atoms with E-state index in [9.17, 15) is 24.0 Å². The summed E-state index contributed by atoms with van der Waals surface area (Å²) in [6.07, 6.45) is 0.884. The molecule has 41 heavy (non-hydrogen) atoms. The summed E-state index contributed by atoms with van der Waals surface area (Å²) in [5.74, 6) is -2.19. The van der Waals surface area contributed by atoms with E-state index in [0.717, 1.165) is 5.39 Å². The van der Waals surface area contributed by atoms with Crippen LogP contribution in [0.15, 0.2) is 24.3 Å². The SMILES string of the molecule is COc1cccc2[nH]c(C(=O)N[C@@H](CC(C)C)C(=O)N[C@@H](C[C@@H]3CCNC3=O)C(=O)COC(=O)[C@@H](C)N(C)C)cc12. The van der Waals surface area contributed by atoms with Gasteiger partial charge < -0.3 is 30.4 Å². The lowest BCUT2D eigenvalue weighted by atomic mass is 9.95. The first-order chi connectivity index (χ1) is 19.4. The molecule has 0 saturated carbocycles. The maximum Gasteiger partial charge on any atom is 0.323 e. The third kappa shape index (κ3) is 8.29. The number of nitrogens with one attached hydrogen (secondary N) is 4. The normalized spacial score (nSPS) is 17.2. The number of ketones is 1. The van der Waals surface area contributed by atoms with Crippen molar-refractivity contribution in [2.75, 3.05) is 34.4 Å². The molecule has 2 aromatic rings. The Morgan fingerprint density at radius 3 is 2.44 bits per heavy atom. The number of esters is 1. The van der Waals surface area contributed by atoms with Gasteiger partial charge in [-0.25, -0.2) is 0 Å². The highest BCUT2D eigenvalue weighted by atomic mass is 16.5. The van der Waals surface area contributed by atoms with Crippen LogP contribution in [0.2, 0.25) is 0 Å². The second kappa shape index (κ2) is 14.1. The molecular weight excluding hydrogens is 530 g/mol. The Morgan fingerprint density at radius 1 is 1.10 bits per heavy atom. The van der Waals surface area contributed by atoms with Gasteiger partial charge in [-0.15, -0.1) is 0 Å². The Morgan fingerprint density at radius 2 is 1.83 bits per heavy atom. The van der Waals surface area contributed by atoms with Crippen molar-refractivity contribution in [1.82, 2.24) is 25.8 Å². The van der Waals surface area contributed by atoms with Crippen molar-refractivity contribution in [2.45, 2.75) is 58.2 Å². The van der Waals surface area contributed by atoms with E-state index in [4.69, 9.17) is 9.47 Å². The number of carbonyl (C=O) groups is 5. The van der Waals surface area contributed by atoms with E-state index >= 15 is 0 Å². The molecule has 4 atom stereocenters. The summed E-state index contributed by atoms with van der Waals surface area (Å²) < 4.78 is 10.6. The molecule has 224 valence electrons. The Hall–Kier alpha value is -3.93. The fraction of sp³-hybridized carbons (Fsp3) is 0.552. The van der Waals surface area contributed by atoms with Crippen LogP contribution in [0.25, 0.3) is 10.9 Å². The number of likely N-dealkylation sites (N-methyl/N-ethyl adjacent to an activating group) is 1. The van der Waals surface area contributed by atoms with Crippen LogP contribution in [0.3, 0.4) is 0 Å². The largest absolute Gasteiger partial charge is 0.496 e. The molecule has 1 saturated heterocycles. The molecule has 3 amide bonds. The Labute approximate surface area is 239 Å². The summed E-state index contributed by atoms with van der Waals surface area (Å²) in [5, 5.41) is 8.97. The second-order valence-corrected chi connectivity index (χ2v) is 11.0. The van der Waals surface area contributed by atoms with E-state index in [-0.39, 0.29) is 23.9 Å². The van der Waals surface area contributed by atoms with Crippen LogP contribution in [0.5, 0.6) is 5.75 Å². The van der Waals surface area contributed by atoms with Crippen molar-refractivity contribution in [3.8, 4) is 5.75 Å². The van der Waals surface area contributed by atoms with Crippen LogP contribution in [0, 0.1) is 11.8 Å². The number of amides is 3. The number of carbonyl (C=O) groups excluding carboxylic acids is 5. The number of aromatic amines is 1. The number of hydrogen-bond acceptors (Lipinski definition) is 8. The van der Waals surface area contributed by atoms with Gasteiger partial charge >= 0.3 is 5.97 Å². The number of ether oxygens (including phenoxy) is 2. The minimum Gasteiger partial charge on any atom is -0.496 e. The van der Waals surface area contributed by atoms with Gasteiger partial charge in [0.15, 0.2) is 12.4 Å². The number of aromatic nitrogens is 1. The third-order valence-corrected chi connectivity index (χ3v) is 7.28. The molecule has 0 spiro atoms. The van der Waals surface area contributed by atoms with Gasteiger partial charge in [0.2, 0.25) is 11.8 Å². The number of benzene rings is 1. The van der Waals surface area contributed by atoms with Gasteiger partial charge in [0, 0.05) is 23.4 Å². The first-order valence-corrected chi connectivity index (χ1v) is 13.8. The first-order valence-electron chi connectivity index (χ1n) is 13.8. The van der Waals surface area contributed by atoms with Gasteiger partial charge in [-0.3, -0.25) is 28.9 Å². The first kappa shape index (κ1) is 31.6. The maximum atomic E-state index is 13.5. The number of hydrogen-bond donors (Lipinski definition) is 4. The second-order valence-electron chi connectivity index (χ2n) is 11.0. The highest BCUT2D eigenvalue weighted by molar-refractivity contribution is 6.02. The average molecular weight is 572 g/mol. The van der Waals surface area contributed by atoms with Crippen molar-refractivity contribution in [3.63, 3.8) is 0 Å². The van der Waals surface area contributed by atoms with E-state index in [1.165, 1.54) is 0 Å². The summed E-state index contributed by atoms with van der Waals surface area (Å²) in [4.78, 5) is 69.1. The van der Waals surface area contributed by atoms with Gasteiger partial charge in [0.25, 0.3) is 5.91 Å². The third-order valence-electron chi connectivity index (χ3n) is 7.28. The summed E-state index contributed by atoms with van der Waals surface area (Å²) in [7, 11) is 4.97. The smallest absolute Gasteiger partial charge is 0.323 e. The molecule has 0 unspecified atom stereocenters. The molecule has 1 aromatic heterocycles. The number of nitrogens with zero attached hydrogens (tertiary/aromatic N) is 1. The van der Waals surface area contributed by atoms with Crippen molar-refractivity contribution in [2.24, 2.45) is 11.8 Å². The van der Waals surface area contributed by atoms with Crippen LogP contribution >= 0.6 is 0 Å². The van der Waals surface area contributed by atoms with Gasteiger partial charge in [0.05, 0.1) is 13.2 Å². The highest BCUT2D eigenvalue weighted by Crippen LogP contribution is 2.26. The lowest BCUT2D eigenvalue weighted by Gasteiger charge is -2.25. The number of rotatable bonds is 14. The van der Waals surface area contributed by atoms with Crippen LogP contribution in [0.1, 0.15) is 50.5 Å². The Balaban J connectivity index is 1.76. The fourth-order valence-corrected chi connectivity index (χ4v) is 4.64. The minimum atomic E-state index is -1.08. The molecule has 3 rings (SSSR count). The lowest BCUT2D eigenvalue weighted by molar-refractivity contribution is -0.152. The molecule has 0 radical (unpaired) electrons. The number of Topliss-reactive ketones (excluding diaryl/α,β-unsaturated/α-hetero) is 1. The summed E-state index contributed by atoms with van der Waals surface area (Å²) in [6.45, 7) is 5.41. The quantitative estimate of drug-likeness (QED) is 0.248. The Kier molecular flexibility index (Phi) is 10.9. The molecule has 2 heterocycles. The molecule has 4 N–H and O–H groups in total. The predicted octanol–water partition coefficient (Wildman–Crippen LogP) is 1.39. The van der Waals surface area contributed by atoms with E-state index < -0.39 is 54.2 Å². The molecule has 1 aliphatic rings. The van der Waals surface area contributed by atoms with E-state index in [1.54, 1.807) is 51.2 Å². The zero-order chi connectivity index (χ0) is 30.3. The molecule has 0 bridgehead atoms. The molecule has 1 aromatic carbocycles. The van der Waals surface area contributed by atoms with Gasteiger partial charge in [0.1, 0.15) is 23.5 Å². The summed E-state index contributed by atoms with van der Waals surface area (Å²) >= 11 is 0. The molecule has 12 heteroatoms. The van der Waals surface area contributed by atoms with Crippen LogP contribution in [0.4, 0.5) is 0 Å². The number of H-pyrrole nitrogens is 1. The fourth-order valence-electron chi connectivity index (χ4n) is 4.64. The van der Waals surface area contributed by atoms with Crippen LogP contribution < -0.4 is 20.7 Å². The zero-order valence-corrected chi connectivity index (χ0v) is 24.5. The maximum absolute atomic E-state index is 13.5. The standard InChI is InChI=1S/C29H41N5O7/c1-16(2)12-22(33-28(38)23-14-19-20(31-23)8-7-9-25(19)40-6)27(37)32-21(13-18-10-11-30-26(18)36)24(35)15-41-29(39)17(3)34(4)5/h7-9,14,16-18,21-22,31H,10-13,15H2,1-6H3,(H,30,36)(H,32,37)(H,33,38)/t17-,18+,21+,22+/m1/s1. The Bertz CT molecular complexity index is 1270. The van der Waals surface area contributed by atoms with Gasteiger partial charge in [-0.1, -0.05) is 19.9 Å². The van der Waals surface area contributed by atoms with E-state index in [1.807, 2.05) is 19.9 Å². The number of methoxy groups -OCH3 is 1. The van der Waals surface area contributed by atoms with Crippen LogP contribution in [-0.4, -0.2) is 91.8 Å². The minimum absolute atomic E-state index is 0.0390. The number of fused-ring (bicyclic) bond motifs is 1. The van der Waals surface area contributed by atoms with E-state index in [0.29, 0.717) is 30.7 Å². The van der Waals surface area contributed by atoms with Crippen molar-refractivity contribution < 1.29 is 33.4 Å². The van der Waals surface area contributed by atoms with Crippen LogP contribution in [-0.2, 0) is 23.9 Å². The zero-order valence-electron chi connectivity index (χ0n) is 24.5. The molecular formula is C29H41N5O7. The van der Waals surface area contributed by atoms with Crippen molar-refractivity contribution >= 4 is 40.4 Å². The van der Waals surface area contributed by atoms with Crippen molar-refractivity contribution in [1.29, 1.82) is 0 Å².